The minimum absolute atomic E-state index is 3.82. The molecule has 0 heterocycles. The predicted molar refractivity (Wildman–Crippen MR) is 23.1 cm³/mol. The van der Waals surface area contributed by atoms with E-state index in [0.717, 1.165) is 0 Å². The molecule has 0 saturated carbocycles. The van der Waals surface area contributed by atoms with Crippen molar-refractivity contribution in [2.24, 2.45) is 5.14 Å². The summed E-state index contributed by atoms with van der Waals surface area (Å²) in [5, 5.41) is 3.82. The van der Waals surface area contributed by atoms with Crippen molar-refractivity contribution in [3.63, 3.8) is 0 Å². The first kappa shape index (κ1) is 7.79. The third-order valence-electron chi connectivity index (χ3n) is 0.277. The average Bonchev–Trinajstić information content (AvgIpc) is 1.25. The molecule has 0 rings (SSSR count). The third-order valence-corrected chi connectivity index (χ3v) is 2.50. The molecule has 0 aromatic rings. The van der Waals surface area contributed by atoms with Crippen LogP contribution in [0.5, 0.6) is 0 Å². The Morgan fingerprint density at radius 1 is 1.12 bits per heavy atom. The average molecular weight is 163 g/mol. The molecule has 0 unspecified atom stereocenters. The van der Waals surface area contributed by atoms with Crippen LogP contribution in [0.2, 0.25) is 0 Å². The summed E-state index contributed by atoms with van der Waals surface area (Å²) in [6.07, 6.45) is 0. The van der Waals surface area contributed by atoms with Crippen molar-refractivity contribution in [3.05, 3.63) is 0 Å². The highest BCUT2D eigenvalue weighted by Gasteiger charge is 2.22. The largest absolute Gasteiger partial charge is 0.424 e. The predicted octanol–water partition coefficient (Wildman–Crippen LogP) is -1.51. The van der Waals surface area contributed by atoms with E-state index in [9.17, 15) is 20.7 Å². The molecular formula is H2FNO4S2. The second kappa shape index (κ2) is 1.64. The Bertz CT molecular complexity index is 226. The molecule has 5 nitrogen and oxygen atoms in total. The summed E-state index contributed by atoms with van der Waals surface area (Å²) >= 11 is 0. The standard InChI is InChI=1S/FH2NO4S2/c1-7(3,4)8(2,5)6/h(H2,2,5,6). The van der Waals surface area contributed by atoms with E-state index in [0.29, 0.717) is 0 Å². The lowest BCUT2D eigenvalue weighted by molar-refractivity contribution is 0.553. The Kier molecular flexibility index (Phi) is 1.59. The van der Waals surface area contributed by atoms with Gasteiger partial charge in [-0.05, 0) is 0 Å². The minimum atomic E-state index is -5.59. The monoisotopic (exact) mass is 163 g/mol. The quantitative estimate of drug-likeness (QED) is 0.375. The molecule has 0 aliphatic heterocycles. The number of rotatable bonds is 1. The van der Waals surface area contributed by atoms with Crippen LogP contribution >= 0.6 is 0 Å². The van der Waals surface area contributed by atoms with Gasteiger partial charge in [0.15, 0.2) is 0 Å². The molecule has 0 aliphatic carbocycles. The van der Waals surface area contributed by atoms with E-state index in [1.807, 2.05) is 0 Å². The van der Waals surface area contributed by atoms with Gasteiger partial charge in [-0.1, -0.05) is 3.89 Å². The first-order valence-electron chi connectivity index (χ1n) is 1.22. The minimum Gasteiger partial charge on any atom is -0.213 e. The fourth-order valence-electron chi connectivity index (χ4n) is 0. The lowest BCUT2D eigenvalue weighted by atomic mass is 14.0. The fraction of sp³-hybridized carbons (Fsp3) is 0. The van der Waals surface area contributed by atoms with E-state index >= 15 is 0 Å². The Morgan fingerprint density at radius 2 is 1.25 bits per heavy atom. The molecule has 50 valence electrons. The van der Waals surface area contributed by atoms with Gasteiger partial charge in [-0.15, -0.1) is 0 Å². The van der Waals surface area contributed by atoms with E-state index in [1.54, 1.807) is 0 Å². The van der Waals surface area contributed by atoms with E-state index in [1.165, 1.54) is 0 Å². The van der Waals surface area contributed by atoms with Gasteiger partial charge in [0, 0.05) is 0 Å². The molecular weight excluding hydrogens is 161 g/mol. The first-order valence-corrected chi connectivity index (χ1v) is 4.67. The first-order chi connectivity index (χ1) is 3.25. The molecule has 0 fully saturated rings. The molecule has 0 amide bonds. The van der Waals surface area contributed by atoms with Crippen LogP contribution in [-0.2, 0) is 18.3 Å². The molecule has 0 radical (unpaired) electrons. The third kappa shape index (κ3) is 1.72. The smallest absolute Gasteiger partial charge is 0.213 e. The Hall–Kier alpha value is -0.210. The topological polar surface area (TPSA) is 94.3 Å². The van der Waals surface area contributed by atoms with Gasteiger partial charge in [0.1, 0.15) is 0 Å². The zero-order valence-electron chi connectivity index (χ0n) is 3.40. The summed E-state index contributed by atoms with van der Waals surface area (Å²) in [5.74, 6) is 0. The van der Waals surface area contributed by atoms with Gasteiger partial charge >= 0.3 is 18.3 Å². The molecule has 0 aromatic carbocycles. The van der Waals surface area contributed by atoms with Crippen LogP contribution in [0.15, 0.2) is 0 Å². The fourth-order valence-corrected chi connectivity index (χ4v) is 0. The molecule has 0 spiro atoms. The Labute approximate surface area is 45.0 Å². The summed E-state index contributed by atoms with van der Waals surface area (Å²) in [7, 11) is -10.6. The van der Waals surface area contributed by atoms with Crippen LogP contribution in [-0.4, -0.2) is 16.8 Å². The molecule has 0 aliphatic rings. The molecule has 8 heavy (non-hydrogen) atoms. The molecule has 0 aromatic heterocycles. The number of halogens is 1. The van der Waals surface area contributed by atoms with Gasteiger partial charge in [0.25, 0.3) is 0 Å². The number of hydrogen-bond donors (Lipinski definition) is 1. The maximum Gasteiger partial charge on any atom is 0.424 e. The van der Waals surface area contributed by atoms with E-state index in [2.05, 4.69) is 5.14 Å². The van der Waals surface area contributed by atoms with Crippen molar-refractivity contribution < 1.29 is 20.7 Å². The van der Waals surface area contributed by atoms with Crippen molar-refractivity contribution in [1.29, 1.82) is 0 Å². The summed E-state index contributed by atoms with van der Waals surface area (Å²) in [6, 6.07) is 0. The highest BCUT2D eigenvalue weighted by Crippen LogP contribution is 1.95. The number of hydrogen-bond acceptors (Lipinski definition) is 4. The Balaban J connectivity index is 5.18. The molecule has 0 atom stereocenters. The van der Waals surface area contributed by atoms with Crippen molar-refractivity contribution >= 4 is 18.3 Å². The molecule has 0 saturated heterocycles. The lowest BCUT2D eigenvalue weighted by Gasteiger charge is -1.82. The van der Waals surface area contributed by atoms with Crippen LogP contribution in [0.1, 0.15) is 0 Å². The Morgan fingerprint density at radius 3 is 1.25 bits per heavy atom. The van der Waals surface area contributed by atoms with E-state index in [-0.39, 0.29) is 0 Å². The van der Waals surface area contributed by atoms with E-state index in [4.69, 9.17) is 0 Å². The zero-order chi connectivity index (χ0) is 7.00. The molecule has 0 bridgehead atoms. The van der Waals surface area contributed by atoms with Gasteiger partial charge in [0.05, 0.1) is 0 Å². The van der Waals surface area contributed by atoms with Crippen LogP contribution in [0.3, 0.4) is 0 Å². The normalized spacial score (nSPS) is 13.8. The second-order valence-corrected chi connectivity index (χ2v) is 5.25. The summed E-state index contributed by atoms with van der Waals surface area (Å²) in [4.78, 5) is 0. The van der Waals surface area contributed by atoms with Crippen LogP contribution in [0.4, 0.5) is 3.89 Å². The van der Waals surface area contributed by atoms with Gasteiger partial charge in [-0.3, -0.25) is 0 Å². The second-order valence-electron chi connectivity index (χ2n) is 0.886. The zero-order valence-corrected chi connectivity index (χ0v) is 5.04. The summed E-state index contributed by atoms with van der Waals surface area (Å²) < 4.78 is 48.6. The van der Waals surface area contributed by atoms with Gasteiger partial charge < -0.3 is 0 Å². The van der Waals surface area contributed by atoms with Gasteiger partial charge in [-0.25, -0.2) is 5.14 Å². The maximum atomic E-state index is 11.2. The van der Waals surface area contributed by atoms with Crippen molar-refractivity contribution in [2.45, 2.75) is 0 Å². The van der Waals surface area contributed by atoms with Crippen molar-refractivity contribution in [1.82, 2.24) is 0 Å². The highest BCUT2D eigenvalue weighted by molar-refractivity contribution is 8.64. The van der Waals surface area contributed by atoms with E-state index < -0.39 is 18.3 Å². The summed E-state index contributed by atoms with van der Waals surface area (Å²) in [5.41, 5.74) is 0. The molecule has 8 heteroatoms. The lowest BCUT2D eigenvalue weighted by Crippen LogP contribution is -2.19. The van der Waals surface area contributed by atoms with Crippen LogP contribution in [0, 0.1) is 0 Å². The maximum absolute atomic E-state index is 11.2. The summed E-state index contributed by atoms with van der Waals surface area (Å²) in [6.45, 7) is 0. The van der Waals surface area contributed by atoms with Crippen molar-refractivity contribution in [2.75, 3.05) is 0 Å². The van der Waals surface area contributed by atoms with Crippen LogP contribution < -0.4 is 5.14 Å². The SMILES string of the molecule is NS(=O)(=O)S(=O)(=O)F. The highest BCUT2D eigenvalue weighted by atomic mass is 33.2. The van der Waals surface area contributed by atoms with Gasteiger partial charge in [-0.2, -0.15) is 16.8 Å². The van der Waals surface area contributed by atoms with Crippen LogP contribution in [0.25, 0.3) is 0 Å². The van der Waals surface area contributed by atoms with Gasteiger partial charge in [0.2, 0.25) is 0 Å². The number of nitrogens with two attached hydrogens (primary N) is 1. The molecule has 2 N–H and O–H groups in total. The van der Waals surface area contributed by atoms with Crippen molar-refractivity contribution in [3.8, 4) is 0 Å².